The monoisotopic (exact) mass is 328 g/mol. The minimum atomic E-state index is -3.92. The highest BCUT2D eigenvalue weighted by atomic mass is 32.2. The Morgan fingerprint density at radius 2 is 1.90 bits per heavy atom. The first-order valence-corrected chi connectivity index (χ1v) is 7.75. The summed E-state index contributed by atoms with van der Waals surface area (Å²) in [6.45, 7) is 0. The van der Waals surface area contributed by atoms with E-state index in [-0.39, 0.29) is 21.1 Å². The number of non-ortho nitro benzene ring substituents is 1. The SMILES string of the molecule is O=C(O)c1csc(S(=O)(=O)Nc2ccc([N+](=O)[O-])cc2)c1. The summed E-state index contributed by atoms with van der Waals surface area (Å²) in [5.41, 5.74) is -0.141. The van der Waals surface area contributed by atoms with Crippen LogP contribution in [0, 0.1) is 10.1 Å². The van der Waals surface area contributed by atoms with Crippen molar-refractivity contribution in [1.29, 1.82) is 0 Å². The minimum absolute atomic E-state index is 0.121. The summed E-state index contributed by atoms with van der Waals surface area (Å²) in [5, 5.41) is 20.5. The fourth-order valence-corrected chi connectivity index (χ4v) is 3.64. The van der Waals surface area contributed by atoms with Crippen molar-refractivity contribution in [3.8, 4) is 0 Å². The van der Waals surface area contributed by atoms with Gasteiger partial charge in [-0.15, -0.1) is 11.3 Å². The lowest BCUT2D eigenvalue weighted by Gasteiger charge is -2.05. The molecule has 0 unspecified atom stereocenters. The lowest BCUT2D eigenvalue weighted by molar-refractivity contribution is -0.384. The normalized spacial score (nSPS) is 11.0. The van der Waals surface area contributed by atoms with Gasteiger partial charge in [-0.25, -0.2) is 13.2 Å². The number of nitro groups is 1. The Labute approximate surface area is 122 Å². The number of nitrogens with zero attached hydrogens (tertiary/aromatic N) is 1. The highest BCUT2D eigenvalue weighted by molar-refractivity contribution is 7.94. The van der Waals surface area contributed by atoms with Crippen LogP contribution in [0.4, 0.5) is 11.4 Å². The molecule has 0 aliphatic heterocycles. The number of hydrogen-bond acceptors (Lipinski definition) is 6. The van der Waals surface area contributed by atoms with Gasteiger partial charge in [0.2, 0.25) is 0 Å². The molecular formula is C11H8N2O6S2. The highest BCUT2D eigenvalue weighted by Crippen LogP contribution is 2.24. The Balaban J connectivity index is 2.24. The van der Waals surface area contributed by atoms with Crippen LogP contribution in [0.3, 0.4) is 0 Å². The first-order chi connectivity index (χ1) is 9.79. The van der Waals surface area contributed by atoms with Crippen molar-refractivity contribution < 1.29 is 23.2 Å². The summed E-state index contributed by atoms with van der Waals surface area (Å²) < 4.78 is 26.1. The van der Waals surface area contributed by atoms with Crippen molar-refractivity contribution in [3.63, 3.8) is 0 Å². The van der Waals surface area contributed by atoms with Crippen molar-refractivity contribution >= 4 is 38.7 Å². The largest absolute Gasteiger partial charge is 0.478 e. The molecule has 1 aromatic carbocycles. The number of rotatable bonds is 5. The smallest absolute Gasteiger partial charge is 0.336 e. The zero-order valence-corrected chi connectivity index (χ0v) is 11.8. The van der Waals surface area contributed by atoms with Crippen LogP contribution in [0.15, 0.2) is 39.9 Å². The second kappa shape index (κ2) is 5.50. The Kier molecular flexibility index (Phi) is 3.91. The van der Waals surface area contributed by atoms with Crippen LogP contribution in [-0.2, 0) is 10.0 Å². The number of nitro benzene ring substituents is 1. The summed E-state index contributed by atoms with van der Waals surface area (Å²) >= 11 is 0.773. The van der Waals surface area contributed by atoms with Crippen LogP contribution in [0.1, 0.15) is 10.4 Å². The predicted molar refractivity (Wildman–Crippen MR) is 75.2 cm³/mol. The van der Waals surface area contributed by atoms with Crippen molar-refractivity contribution in [1.82, 2.24) is 0 Å². The Bertz CT molecular complexity index is 794. The van der Waals surface area contributed by atoms with E-state index in [1.807, 2.05) is 0 Å². The van der Waals surface area contributed by atoms with Crippen LogP contribution >= 0.6 is 11.3 Å². The second-order valence-corrected chi connectivity index (χ2v) is 6.69. The van der Waals surface area contributed by atoms with Gasteiger partial charge in [-0.1, -0.05) is 0 Å². The van der Waals surface area contributed by atoms with E-state index in [9.17, 15) is 23.3 Å². The molecule has 1 aromatic heterocycles. The predicted octanol–water partition coefficient (Wildman–Crippen LogP) is 2.16. The van der Waals surface area contributed by atoms with Gasteiger partial charge in [0.25, 0.3) is 15.7 Å². The molecule has 1 heterocycles. The molecule has 0 saturated carbocycles. The summed E-state index contributed by atoms with van der Waals surface area (Å²) in [6, 6.07) is 5.87. The van der Waals surface area contributed by atoms with E-state index in [4.69, 9.17) is 5.11 Å². The molecule has 2 N–H and O–H groups in total. The van der Waals surface area contributed by atoms with Crippen LogP contribution in [-0.4, -0.2) is 24.4 Å². The quantitative estimate of drug-likeness (QED) is 0.639. The Morgan fingerprint density at radius 3 is 2.38 bits per heavy atom. The number of hydrogen-bond donors (Lipinski definition) is 2. The van der Waals surface area contributed by atoms with Gasteiger partial charge in [0.15, 0.2) is 0 Å². The van der Waals surface area contributed by atoms with Crippen LogP contribution in [0.2, 0.25) is 0 Å². The van der Waals surface area contributed by atoms with Gasteiger partial charge in [0, 0.05) is 23.2 Å². The van der Waals surface area contributed by atoms with Gasteiger partial charge in [0.05, 0.1) is 10.5 Å². The Morgan fingerprint density at radius 1 is 1.29 bits per heavy atom. The number of carboxylic acid groups (broad SMARTS) is 1. The van der Waals surface area contributed by atoms with Gasteiger partial charge < -0.3 is 5.11 Å². The average molecular weight is 328 g/mol. The molecule has 0 fully saturated rings. The molecular weight excluding hydrogens is 320 g/mol. The highest BCUT2D eigenvalue weighted by Gasteiger charge is 2.19. The van der Waals surface area contributed by atoms with Crippen LogP contribution in [0.25, 0.3) is 0 Å². The number of thiophene rings is 1. The number of sulfonamides is 1. The van der Waals surface area contributed by atoms with Crippen molar-refractivity contribution in [2.24, 2.45) is 0 Å². The summed E-state index contributed by atoms with van der Waals surface area (Å²) in [7, 11) is -3.92. The lowest BCUT2D eigenvalue weighted by Crippen LogP contribution is -2.11. The molecule has 2 rings (SSSR count). The fourth-order valence-electron chi connectivity index (χ4n) is 1.43. The topological polar surface area (TPSA) is 127 Å². The van der Waals surface area contributed by atoms with E-state index >= 15 is 0 Å². The second-order valence-electron chi connectivity index (χ2n) is 3.87. The molecule has 0 radical (unpaired) electrons. The number of carbonyl (C=O) groups is 1. The molecule has 0 amide bonds. The molecule has 2 aromatic rings. The van der Waals surface area contributed by atoms with Crippen LogP contribution < -0.4 is 4.72 Å². The Hall–Kier alpha value is -2.46. The van der Waals surface area contributed by atoms with Gasteiger partial charge in [-0.05, 0) is 18.2 Å². The van der Waals surface area contributed by atoms with E-state index in [2.05, 4.69) is 4.72 Å². The average Bonchev–Trinajstić information content (AvgIpc) is 2.89. The van der Waals surface area contributed by atoms with Crippen molar-refractivity contribution in [2.75, 3.05) is 4.72 Å². The zero-order valence-electron chi connectivity index (χ0n) is 10.2. The number of aromatic carboxylic acids is 1. The third kappa shape index (κ3) is 3.35. The molecule has 0 saturated heterocycles. The lowest BCUT2D eigenvalue weighted by atomic mass is 10.3. The minimum Gasteiger partial charge on any atom is -0.478 e. The van der Waals surface area contributed by atoms with E-state index in [1.54, 1.807) is 0 Å². The maximum Gasteiger partial charge on any atom is 0.336 e. The molecule has 0 bridgehead atoms. The maximum absolute atomic E-state index is 12.0. The van der Waals surface area contributed by atoms with Gasteiger partial charge in [-0.2, -0.15) is 0 Å². The van der Waals surface area contributed by atoms with Crippen LogP contribution in [0.5, 0.6) is 0 Å². The number of anilines is 1. The van der Waals surface area contributed by atoms with E-state index in [0.29, 0.717) is 0 Å². The molecule has 0 aliphatic carbocycles. The first kappa shape index (κ1) is 14.9. The van der Waals surface area contributed by atoms with E-state index in [1.165, 1.54) is 17.5 Å². The molecule has 10 heteroatoms. The summed E-state index contributed by atoms with van der Waals surface area (Å²) in [5.74, 6) is -1.22. The number of carboxylic acids is 1. The molecule has 0 aliphatic rings. The number of nitrogens with one attached hydrogen (secondary N) is 1. The molecule has 21 heavy (non-hydrogen) atoms. The molecule has 0 spiro atoms. The third-order valence-corrected chi connectivity index (χ3v) is 5.24. The van der Waals surface area contributed by atoms with Gasteiger partial charge in [-0.3, -0.25) is 14.8 Å². The molecule has 110 valence electrons. The first-order valence-electron chi connectivity index (χ1n) is 5.39. The van der Waals surface area contributed by atoms with Crippen molar-refractivity contribution in [2.45, 2.75) is 4.21 Å². The standard InChI is InChI=1S/C11H8N2O6S2/c14-11(15)7-5-10(20-6-7)21(18,19)12-8-1-3-9(4-2-8)13(16)17/h1-6,12H,(H,14,15). The van der Waals surface area contributed by atoms with E-state index < -0.39 is 20.9 Å². The third-order valence-electron chi connectivity index (χ3n) is 2.42. The molecule has 8 nitrogen and oxygen atoms in total. The molecule has 0 atom stereocenters. The summed E-state index contributed by atoms with van der Waals surface area (Å²) in [4.78, 5) is 20.6. The van der Waals surface area contributed by atoms with Gasteiger partial charge in [0.1, 0.15) is 4.21 Å². The van der Waals surface area contributed by atoms with Gasteiger partial charge >= 0.3 is 5.97 Å². The van der Waals surface area contributed by atoms with E-state index in [0.717, 1.165) is 29.5 Å². The summed E-state index contributed by atoms with van der Waals surface area (Å²) in [6.07, 6.45) is 0. The fraction of sp³-hybridized carbons (Fsp3) is 0. The van der Waals surface area contributed by atoms with Crippen molar-refractivity contribution in [3.05, 3.63) is 51.4 Å². The maximum atomic E-state index is 12.0. The zero-order chi connectivity index (χ0) is 15.6. The number of benzene rings is 1.